The molecule has 0 amide bonds. The van der Waals surface area contributed by atoms with Crippen LogP contribution in [0.2, 0.25) is 5.28 Å². The molecule has 1 saturated heterocycles. The van der Waals surface area contributed by atoms with Crippen molar-refractivity contribution in [2.24, 2.45) is 0 Å². The van der Waals surface area contributed by atoms with Gasteiger partial charge >= 0.3 is 6.01 Å². The molecule has 1 atom stereocenters. The molecule has 1 aliphatic rings. The zero-order valence-electron chi connectivity index (χ0n) is 10.6. The van der Waals surface area contributed by atoms with Crippen molar-refractivity contribution in [1.29, 1.82) is 0 Å². The molecule has 1 aromatic heterocycles. The fourth-order valence-electron chi connectivity index (χ4n) is 1.92. The first-order valence-electron chi connectivity index (χ1n) is 5.97. The van der Waals surface area contributed by atoms with Crippen molar-refractivity contribution in [3.8, 4) is 6.01 Å². The van der Waals surface area contributed by atoms with Gasteiger partial charge in [-0.3, -0.25) is 0 Å². The summed E-state index contributed by atoms with van der Waals surface area (Å²) in [6, 6.07) is 0.224. The number of hydrogen-bond acceptors (Lipinski definition) is 6. The standard InChI is InChI=1S/C11H17ClN4O2/c1-16(7-8-5-3-4-6-18-8)10-13-9(12)14-11(15-10)17-2/h8H,3-7H2,1-2H3. The van der Waals surface area contributed by atoms with Gasteiger partial charge in [0.1, 0.15) is 0 Å². The summed E-state index contributed by atoms with van der Waals surface area (Å²) in [7, 11) is 3.41. The van der Waals surface area contributed by atoms with Crippen molar-refractivity contribution in [1.82, 2.24) is 15.0 Å². The molecular formula is C11H17ClN4O2. The van der Waals surface area contributed by atoms with Gasteiger partial charge in [0.15, 0.2) is 0 Å². The zero-order valence-corrected chi connectivity index (χ0v) is 11.4. The summed E-state index contributed by atoms with van der Waals surface area (Å²) in [6.07, 6.45) is 3.65. The first-order chi connectivity index (χ1) is 8.69. The van der Waals surface area contributed by atoms with Gasteiger partial charge in [0.25, 0.3) is 0 Å². The van der Waals surface area contributed by atoms with Crippen LogP contribution >= 0.6 is 11.6 Å². The van der Waals surface area contributed by atoms with Crippen LogP contribution in [0, 0.1) is 0 Å². The molecule has 1 fully saturated rings. The Labute approximate surface area is 111 Å². The molecule has 6 nitrogen and oxygen atoms in total. The second-order valence-corrected chi connectivity index (χ2v) is 4.60. The number of hydrogen-bond donors (Lipinski definition) is 0. The average Bonchev–Trinajstić information content (AvgIpc) is 2.39. The molecule has 100 valence electrons. The summed E-state index contributed by atoms with van der Waals surface area (Å²) < 4.78 is 10.7. The number of methoxy groups -OCH3 is 1. The molecule has 1 aromatic rings. The van der Waals surface area contributed by atoms with E-state index in [1.165, 1.54) is 13.5 Å². The van der Waals surface area contributed by atoms with Gasteiger partial charge in [-0.05, 0) is 30.9 Å². The van der Waals surface area contributed by atoms with Crippen LogP contribution < -0.4 is 9.64 Å². The lowest BCUT2D eigenvalue weighted by molar-refractivity contribution is 0.0214. The summed E-state index contributed by atoms with van der Waals surface area (Å²) in [6.45, 7) is 1.57. The molecule has 0 radical (unpaired) electrons. The third kappa shape index (κ3) is 3.43. The molecule has 0 N–H and O–H groups in total. The molecule has 2 rings (SSSR count). The molecule has 0 saturated carbocycles. The quantitative estimate of drug-likeness (QED) is 0.829. The first-order valence-corrected chi connectivity index (χ1v) is 6.35. The number of anilines is 1. The minimum atomic E-state index is 0.133. The molecule has 1 unspecified atom stereocenters. The van der Waals surface area contributed by atoms with Gasteiger partial charge in [-0.15, -0.1) is 0 Å². The molecule has 2 heterocycles. The van der Waals surface area contributed by atoms with E-state index in [-0.39, 0.29) is 17.4 Å². The smallest absolute Gasteiger partial charge is 0.322 e. The van der Waals surface area contributed by atoms with Gasteiger partial charge in [0, 0.05) is 20.2 Å². The first kappa shape index (κ1) is 13.3. The summed E-state index contributed by atoms with van der Waals surface area (Å²) in [5.41, 5.74) is 0. The van der Waals surface area contributed by atoms with Crippen molar-refractivity contribution < 1.29 is 9.47 Å². The van der Waals surface area contributed by atoms with E-state index in [2.05, 4.69) is 15.0 Å². The van der Waals surface area contributed by atoms with E-state index in [0.29, 0.717) is 5.95 Å². The summed E-state index contributed by atoms with van der Waals surface area (Å²) in [4.78, 5) is 14.0. The van der Waals surface area contributed by atoms with Crippen LogP contribution in [0.5, 0.6) is 6.01 Å². The lowest BCUT2D eigenvalue weighted by Crippen LogP contribution is -2.34. The van der Waals surface area contributed by atoms with E-state index in [1.54, 1.807) is 0 Å². The highest BCUT2D eigenvalue weighted by molar-refractivity contribution is 6.28. The molecule has 7 heteroatoms. The number of aromatic nitrogens is 3. The fraction of sp³-hybridized carbons (Fsp3) is 0.727. The number of rotatable bonds is 4. The van der Waals surface area contributed by atoms with E-state index < -0.39 is 0 Å². The maximum absolute atomic E-state index is 5.82. The highest BCUT2D eigenvalue weighted by atomic mass is 35.5. The van der Waals surface area contributed by atoms with Crippen molar-refractivity contribution in [3.05, 3.63) is 5.28 Å². The summed E-state index contributed by atoms with van der Waals surface area (Å²) in [5.74, 6) is 0.501. The normalized spacial score (nSPS) is 19.6. The SMILES string of the molecule is COc1nc(Cl)nc(N(C)CC2CCCCO2)n1. The minimum Gasteiger partial charge on any atom is -0.467 e. The molecule has 0 aliphatic carbocycles. The Morgan fingerprint density at radius 1 is 1.39 bits per heavy atom. The van der Waals surface area contributed by atoms with Gasteiger partial charge in [-0.25, -0.2) is 0 Å². The molecule has 0 bridgehead atoms. The molecule has 0 spiro atoms. The van der Waals surface area contributed by atoms with E-state index in [4.69, 9.17) is 21.1 Å². The fourth-order valence-corrected chi connectivity index (χ4v) is 2.07. The highest BCUT2D eigenvalue weighted by Gasteiger charge is 2.18. The van der Waals surface area contributed by atoms with Gasteiger partial charge in [-0.1, -0.05) is 0 Å². The topological polar surface area (TPSA) is 60.4 Å². The van der Waals surface area contributed by atoms with E-state index in [9.17, 15) is 0 Å². The monoisotopic (exact) mass is 272 g/mol. The maximum atomic E-state index is 5.82. The van der Waals surface area contributed by atoms with Crippen molar-refractivity contribution >= 4 is 17.5 Å². The van der Waals surface area contributed by atoms with Crippen molar-refractivity contribution in [3.63, 3.8) is 0 Å². The van der Waals surface area contributed by atoms with Crippen LogP contribution in [0.15, 0.2) is 0 Å². The van der Waals surface area contributed by atoms with E-state index >= 15 is 0 Å². The van der Waals surface area contributed by atoms with Crippen molar-refractivity contribution in [2.75, 3.05) is 32.2 Å². The number of likely N-dealkylation sites (N-methyl/N-ethyl adjacent to an activating group) is 1. The van der Waals surface area contributed by atoms with Gasteiger partial charge < -0.3 is 14.4 Å². The number of halogens is 1. The van der Waals surface area contributed by atoms with Crippen LogP contribution in [0.25, 0.3) is 0 Å². The summed E-state index contributed by atoms with van der Waals surface area (Å²) in [5, 5.41) is 0.133. The average molecular weight is 273 g/mol. The van der Waals surface area contributed by atoms with Gasteiger partial charge in [0.05, 0.1) is 13.2 Å². The Morgan fingerprint density at radius 3 is 2.89 bits per heavy atom. The highest BCUT2D eigenvalue weighted by Crippen LogP contribution is 2.17. The second kappa shape index (κ2) is 6.15. The summed E-state index contributed by atoms with van der Waals surface area (Å²) >= 11 is 5.82. The molecule has 1 aliphatic heterocycles. The van der Waals surface area contributed by atoms with Crippen LogP contribution in [-0.2, 0) is 4.74 Å². The minimum absolute atomic E-state index is 0.133. The molecule has 18 heavy (non-hydrogen) atoms. The van der Waals surface area contributed by atoms with Gasteiger partial charge in [-0.2, -0.15) is 15.0 Å². The Kier molecular flexibility index (Phi) is 4.54. The molecular weight excluding hydrogens is 256 g/mol. The van der Waals surface area contributed by atoms with Crippen LogP contribution in [0.1, 0.15) is 19.3 Å². The second-order valence-electron chi connectivity index (χ2n) is 4.26. The lowest BCUT2D eigenvalue weighted by atomic mass is 10.1. The third-order valence-corrected chi connectivity index (χ3v) is 3.02. The predicted molar refractivity (Wildman–Crippen MR) is 68.3 cm³/mol. The Morgan fingerprint density at radius 2 is 2.22 bits per heavy atom. The van der Waals surface area contributed by atoms with Gasteiger partial charge in [0.2, 0.25) is 11.2 Å². The van der Waals surface area contributed by atoms with Crippen molar-refractivity contribution in [2.45, 2.75) is 25.4 Å². The Bertz CT molecular complexity index is 399. The van der Waals surface area contributed by atoms with Crippen LogP contribution in [0.4, 0.5) is 5.95 Å². The Hall–Kier alpha value is -1.14. The maximum Gasteiger partial charge on any atom is 0.322 e. The largest absolute Gasteiger partial charge is 0.467 e. The van der Waals surface area contributed by atoms with Crippen LogP contribution in [-0.4, -0.2) is 48.4 Å². The number of nitrogens with zero attached hydrogens (tertiary/aromatic N) is 4. The Balaban J connectivity index is 2.02. The lowest BCUT2D eigenvalue weighted by Gasteiger charge is -2.27. The predicted octanol–water partition coefficient (Wildman–Crippen LogP) is 1.54. The van der Waals surface area contributed by atoms with Crippen LogP contribution in [0.3, 0.4) is 0 Å². The molecule has 0 aromatic carbocycles. The van der Waals surface area contributed by atoms with E-state index in [0.717, 1.165) is 26.0 Å². The van der Waals surface area contributed by atoms with E-state index in [1.807, 2.05) is 11.9 Å². The zero-order chi connectivity index (χ0) is 13.0. The third-order valence-electron chi connectivity index (χ3n) is 2.85. The number of ether oxygens (including phenoxy) is 2.